The molecule has 2 N–H and O–H groups in total. The van der Waals surface area contributed by atoms with Gasteiger partial charge in [0.1, 0.15) is 17.1 Å². The van der Waals surface area contributed by atoms with Gasteiger partial charge in [-0.05, 0) is 32.4 Å². The average molecular weight is 297 g/mol. The smallest absolute Gasteiger partial charge is 0.128 e. The number of fused-ring (bicyclic) bond motifs is 1. The normalized spacial score (nSPS) is 22.5. The molecular formula is C19H23NO2. The van der Waals surface area contributed by atoms with Gasteiger partial charge in [-0.2, -0.15) is 0 Å². The molecule has 2 aromatic carbocycles. The number of ether oxygens (including phenoxy) is 2. The van der Waals surface area contributed by atoms with Crippen LogP contribution in [0, 0.1) is 0 Å². The monoisotopic (exact) mass is 297 g/mol. The van der Waals surface area contributed by atoms with Crippen LogP contribution in [-0.4, -0.2) is 12.2 Å². The first kappa shape index (κ1) is 14.9. The minimum atomic E-state index is -0.376. The number of nitrogens with two attached hydrogens (primary N) is 1. The van der Waals surface area contributed by atoms with Crippen LogP contribution in [0.2, 0.25) is 0 Å². The van der Waals surface area contributed by atoms with Crippen molar-refractivity contribution >= 4 is 0 Å². The second-order valence-corrected chi connectivity index (χ2v) is 6.25. The summed E-state index contributed by atoms with van der Waals surface area (Å²) in [5, 5.41) is 0. The fourth-order valence-electron chi connectivity index (χ4n) is 3.36. The maximum absolute atomic E-state index is 6.60. The molecule has 0 spiro atoms. The average Bonchev–Trinajstić information content (AvgIpc) is 2.47. The first-order valence-corrected chi connectivity index (χ1v) is 7.79. The Hall–Kier alpha value is -2.00. The van der Waals surface area contributed by atoms with Gasteiger partial charge in [0.15, 0.2) is 0 Å². The van der Waals surface area contributed by atoms with Crippen LogP contribution in [0.5, 0.6) is 11.5 Å². The second-order valence-electron chi connectivity index (χ2n) is 6.25. The zero-order chi connectivity index (χ0) is 15.7. The Morgan fingerprint density at radius 3 is 2.55 bits per heavy atom. The molecule has 2 atom stereocenters. The highest BCUT2D eigenvalue weighted by Crippen LogP contribution is 2.48. The van der Waals surface area contributed by atoms with E-state index in [2.05, 4.69) is 26.0 Å². The van der Waals surface area contributed by atoms with Crippen molar-refractivity contribution in [2.24, 2.45) is 5.73 Å². The van der Waals surface area contributed by atoms with Gasteiger partial charge in [0.25, 0.3) is 0 Å². The molecule has 0 radical (unpaired) electrons. The molecule has 1 aliphatic heterocycles. The van der Waals surface area contributed by atoms with E-state index in [0.29, 0.717) is 6.61 Å². The fourth-order valence-corrected chi connectivity index (χ4v) is 3.36. The zero-order valence-electron chi connectivity index (χ0n) is 13.4. The number of hydrogen-bond donors (Lipinski definition) is 1. The Balaban J connectivity index is 2.03. The summed E-state index contributed by atoms with van der Waals surface area (Å²) in [5.41, 5.74) is 8.47. The first-order valence-electron chi connectivity index (χ1n) is 7.79. The van der Waals surface area contributed by atoms with Gasteiger partial charge in [0.05, 0.1) is 6.61 Å². The summed E-state index contributed by atoms with van der Waals surface area (Å²) in [6.45, 7) is 6.81. The van der Waals surface area contributed by atoms with Crippen molar-refractivity contribution in [2.45, 2.75) is 38.3 Å². The summed E-state index contributed by atoms with van der Waals surface area (Å²) in [4.78, 5) is 0. The van der Waals surface area contributed by atoms with E-state index < -0.39 is 0 Å². The Labute approximate surface area is 132 Å². The summed E-state index contributed by atoms with van der Waals surface area (Å²) in [6.07, 6.45) is 0. The molecule has 2 unspecified atom stereocenters. The van der Waals surface area contributed by atoms with E-state index in [1.54, 1.807) is 0 Å². The predicted molar refractivity (Wildman–Crippen MR) is 88.4 cm³/mol. The largest absolute Gasteiger partial charge is 0.494 e. The molecule has 0 aromatic heterocycles. The first-order chi connectivity index (χ1) is 10.5. The van der Waals surface area contributed by atoms with Crippen LogP contribution >= 0.6 is 0 Å². The van der Waals surface area contributed by atoms with Crippen LogP contribution in [0.3, 0.4) is 0 Å². The lowest BCUT2D eigenvalue weighted by Gasteiger charge is -2.44. The van der Waals surface area contributed by atoms with Gasteiger partial charge in [-0.25, -0.2) is 0 Å². The third kappa shape index (κ3) is 2.57. The van der Waals surface area contributed by atoms with E-state index in [1.807, 2.05) is 43.3 Å². The van der Waals surface area contributed by atoms with Crippen molar-refractivity contribution in [2.75, 3.05) is 6.61 Å². The van der Waals surface area contributed by atoms with Crippen molar-refractivity contribution in [3.05, 3.63) is 59.7 Å². The predicted octanol–water partition coefficient (Wildman–Crippen LogP) is 4.04. The molecule has 1 heterocycles. The van der Waals surface area contributed by atoms with E-state index >= 15 is 0 Å². The van der Waals surface area contributed by atoms with Crippen molar-refractivity contribution in [1.82, 2.24) is 0 Å². The molecule has 3 heteroatoms. The number of rotatable bonds is 3. The lowest BCUT2D eigenvalue weighted by Crippen LogP contribution is -2.45. The zero-order valence-corrected chi connectivity index (χ0v) is 13.4. The Bertz CT molecular complexity index is 652. The van der Waals surface area contributed by atoms with Gasteiger partial charge in [-0.15, -0.1) is 0 Å². The van der Waals surface area contributed by atoms with E-state index in [-0.39, 0.29) is 17.6 Å². The van der Waals surface area contributed by atoms with Crippen molar-refractivity contribution in [3.63, 3.8) is 0 Å². The van der Waals surface area contributed by atoms with Gasteiger partial charge in [-0.1, -0.05) is 36.4 Å². The highest BCUT2D eigenvalue weighted by molar-refractivity contribution is 5.47. The molecular weight excluding hydrogens is 274 g/mol. The van der Waals surface area contributed by atoms with Gasteiger partial charge >= 0.3 is 0 Å². The summed E-state index contributed by atoms with van der Waals surface area (Å²) in [7, 11) is 0. The van der Waals surface area contributed by atoms with Gasteiger partial charge in [0.2, 0.25) is 0 Å². The van der Waals surface area contributed by atoms with Gasteiger partial charge in [0, 0.05) is 23.6 Å². The summed E-state index contributed by atoms with van der Waals surface area (Å²) < 4.78 is 11.8. The Kier molecular flexibility index (Phi) is 3.83. The number of hydrogen-bond acceptors (Lipinski definition) is 3. The van der Waals surface area contributed by atoms with Crippen LogP contribution in [0.4, 0.5) is 0 Å². The minimum absolute atomic E-state index is 0.100. The van der Waals surface area contributed by atoms with Crippen molar-refractivity contribution < 1.29 is 9.47 Å². The molecule has 0 fully saturated rings. The second kappa shape index (κ2) is 5.65. The van der Waals surface area contributed by atoms with E-state index in [9.17, 15) is 0 Å². The van der Waals surface area contributed by atoms with Crippen LogP contribution < -0.4 is 15.2 Å². The molecule has 22 heavy (non-hydrogen) atoms. The molecule has 3 nitrogen and oxygen atoms in total. The summed E-state index contributed by atoms with van der Waals surface area (Å²) >= 11 is 0. The van der Waals surface area contributed by atoms with Gasteiger partial charge in [-0.3, -0.25) is 0 Å². The highest BCUT2D eigenvalue weighted by atomic mass is 16.5. The quantitative estimate of drug-likeness (QED) is 0.930. The molecule has 1 aliphatic rings. The molecule has 0 saturated carbocycles. The molecule has 0 aliphatic carbocycles. The minimum Gasteiger partial charge on any atom is -0.494 e. The molecule has 0 saturated heterocycles. The van der Waals surface area contributed by atoms with Gasteiger partial charge < -0.3 is 15.2 Å². The van der Waals surface area contributed by atoms with E-state index in [1.165, 1.54) is 5.56 Å². The fraction of sp³-hybridized carbons (Fsp3) is 0.368. The maximum atomic E-state index is 6.60. The number of benzene rings is 2. The third-order valence-electron chi connectivity index (χ3n) is 4.29. The van der Waals surface area contributed by atoms with Crippen LogP contribution in [0.1, 0.15) is 43.9 Å². The third-order valence-corrected chi connectivity index (χ3v) is 4.29. The SMILES string of the molecule is CCOc1ccc2c(c1)OC(C)(C)C(c1ccccc1)C2N. The Morgan fingerprint density at radius 1 is 1.14 bits per heavy atom. The lowest BCUT2D eigenvalue weighted by molar-refractivity contribution is 0.0475. The summed E-state index contributed by atoms with van der Waals surface area (Å²) in [5.74, 6) is 1.76. The van der Waals surface area contributed by atoms with E-state index in [0.717, 1.165) is 17.1 Å². The van der Waals surface area contributed by atoms with Crippen LogP contribution in [0.15, 0.2) is 48.5 Å². The van der Waals surface area contributed by atoms with Crippen molar-refractivity contribution in [1.29, 1.82) is 0 Å². The van der Waals surface area contributed by atoms with E-state index in [4.69, 9.17) is 15.2 Å². The van der Waals surface area contributed by atoms with Crippen molar-refractivity contribution in [3.8, 4) is 11.5 Å². The Morgan fingerprint density at radius 2 is 1.86 bits per heavy atom. The molecule has 0 amide bonds. The standard InChI is InChI=1S/C19H23NO2/c1-4-21-14-10-11-15-16(12-14)22-19(2,3)17(18(15)20)13-8-6-5-7-9-13/h5-12,17-18H,4,20H2,1-3H3. The van der Waals surface area contributed by atoms with Crippen LogP contribution in [0.25, 0.3) is 0 Å². The lowest BCUT2D eigenvalue weighted by atomic mass is 9.75. The molecule has 2 aromatic rings. The molecule has 0 bridgehead atoms. The maximum Gasteiger partial charge on any atom is 0.128 e. The topological polar surface area (TPSA) is 44.5 Å². The summed E-state index contributed by atoms with van der Waals surface area (Å²) in [6, 6.07) is 16.2. The molecule has 116 valence electrons. The molecule has 3 rings (SSSR count). The van der Waals surface area contributed by atoms with Crippen LogP contribution in [-0.2, 0) is 0 Å². The highest BCUT2D eigenvalue weighted by Gasteiger charge is 2.43.